The zero-order chi connectivity index (χ0) is 26.5. The fourth-order valence-electron chi connectivity index (χ4n) is 6.20. The van der Waals surface area contributed by atoms with Gasteiger partial charge in [0, 0.05) is 31.7 Å². The molecule has 37 heavy (non-hydrogen) atoms. The highest BCUT2D eigenvalue weighted by molar-refractivity contribution is 6.30. The van der Waals surface area contributed by atoms with Gasteiger partial charge in [-0.1, -0.05) is 29.7 Å². The van der Waals surface area contributed by atoms with Gasteiger partial charge in [0.2, 0.25) is 5.91 Å². The Kier molecular flexibility index (Phi) is 8.85. The van der Waals surface area contributed by atoms with Crippen LogP contribution in [0.4, 0.5) is 5.82 Å². The van der Waals surface area contributed by atoms with Crippen LogP contribution in [0.25, 0.3) is 0 Å². The highest BCUT2D eigenvalue weighted by Crippen LogP contribution is 2.47. The molecule has 2 aliphatic carbocycles. The van der Waals surface area contributed by atoms with Crippen LogP contribution >= 0.6 is 11.6 Å². The van der Waals surface area contributed by atoms with Gasteiger partial charge in [-0.15, -0.1) is 0 Å². The van der Waals surface area contributed by atoms with E-state index in [2.05, 4.69) is 34.5 Å². The first-order valence-corrected chi connectivity index (χ1v) is 13.6. The molecule has 0 aliphatic heterocycles. The standard InChI is InChI=1S/C29H37ClN4O3/c1-18-19(9-14-28(35)32-27-13-8-21(17-31-27)29(36)34(2)3)16-23(33-37)5-4-6-26-24(18)11-7-20-15-22(30)10-12-25(20)26/h8,10,12-13,15,17-19,24,26,37H,4-7,9,11,14,16H2,1-3H3,(H,31,32,35)/b33-23-/t18?,19-,24?,26?/m1/s1. The summed E-state index contributed by atoms with van der Waals surface area (Å²) in [7, 11) is 3.38. The number of aryl methyl sites for hydroxylation is 1. The Morgan fingerprint density at radius 2 is 2.00 bits per heavy atom. The van der Waals surface area contributed by atoms with E-state index in [1.807, 2.05) is 6.07 Å². The molecule has 0 saturated heterocycles. The van der Waals surface area contributed by atoms with Gasteiger partial charge < -0.3 is 15.4 Å². The van der Waals surface area contributed by atoms with Gasteiger partial charge in [0.05, 0.1) is 11.3 Å². The van der Waals surface area contributed by atoms with Crippen LogP contribution in [-0.2, 0) is 11.2 Å². The first-order chi connectivity index (χ1) is 17.8. The Hall–Kier alpha value is -2.93. The molecular weight excluding hydrogens is 488 g/mol. The molecule has 0 spiro atoms. The molecule has 1 fully saturated rings. The predicted octanol–water partition coefficient (Wildman–Crippen LogP) is 6.16. The van der Waals surface area contributed by atoms with Gasteiger partial charge >= 0.3 is 0 Å². The van der Waals surface area contributed by atoms with Crippen molar-refractivity contribution in [3.8, 4) is 0 Å². The number of pyridine rings is 1. The molecule has 2 N–H and O–H groups in total. The molecule has 2 aromatic rings. The van der Waals surface area contributed by atoms with Crippen molar-refractivity contribution < 1.29 is 14.8 Å². The number of halogens is 1. The number of carbonyl (C=O) groups excluding carboxylic acids is 2. The van der Waals surface area contributed by atoms with E-state index in [0.29, 0.717) is 48.4 Å². The van der Waals surface area contributed by atoms with Crippen molar-refractivity contribution in [3.05, 3.63) is 58.2 Å². The minimum atomic E-state index is -0.132. The SMILES string of the molecule is CC1C2CCc3cc(Cl)ccc3C2CCC/C(=N/O)C[C@H]1CCC(=O)Nc1ccc(C(=O)N(C)C)cn1. The molecule has 2 amide bonds. The van der Waals surface area contributed by atoms with Crippen LogP contribution in [0.5, 0.6) is 0 Å². The predicted molar refractivity (Wildman–Crippen MR) is 146 cm³/mol. The van der Waals surface area contributed by atoms with E-state index in [1.165, 1.54) is 22.2 Å². The zero-order valence-corrected chi connectivity index (χ0v) is 22.7. The van der Waals surface area contributed by atoms with E-state index in [0.717, 1.165) is 42.8 Å². The van der Waals surface area contributed by atoms with Gasteiger partial charge in [-0.25, -0.2) is 4.98 Å². The van der Waals surface area contributed by atoms with Crippen LogP contribution in [0, 0.1) is 17.8 Å². The maximum atomic E-state index is 12.8. The largest absolute Gasteiger partial charge is 0.411 e. The van der Waals surface area contributed by atoms with Crippen LogP contribution in [0.1, 0.15) is 79.3 Å². The molecule has 1 saturated carbocycles. The molecule has 4 rings (SSSR count). The number of oxime groups is 1. The monoisotopic (exact) mass is 524 g/mol. The summed E-state index contributed by atoms with van der Waals surface area (Å²) in [6.45, 7) is 2.31. The summed E-state index contributed by atoms with van der Waals surface area (Å²) in [5.41, 5.74) is 4.08. The van der Waals surface area contributed by atoms with Crippen molar-refractivity contribution in [2.45, 2.75) is 64.2 Å². The normalized spacial score (nSPS) is 24.7. The molecule has 3 unspecified atom stereocenters. The third-order valence-corrected chi connectivity index (χ3v) is 8.47. The second kappa shape index (κ2) is 12.1. The lowest BCUT2D eigenvalue weighted by Crippen LogP contribution is -2.31. The summed E-state index contributed by atoms with van der Waals surface area (Å²) < 4.78 is 0. The summed E-state index contributed by atoms with van der Waals surface area (Å²) in [5.74, 6) is 1.79. The quantitative estimate of drug-likeness (QED) is 0.362. The van der Waals surface area contributed by atoms with Crippen LogP contribution < -0.4 is 5.32 Å². The van der Waals surface area contributed by atoms with Gasteiger partial charge in [0.15, 0.2) is 0 Å². The van der Waals surface area contributed by atoms with Crippen molar-refractivity contribution in [2.75, 3.05) is 19.4 Å². The van der Waals surface area contributed by atoms with Crippen LogP contribution in [0.3, 0.4) is 0 Å². The molecule has 1 heterocycles. The van der Waals surface area contributed by atoms with Gasteiger partial charge in [-0.3, -0.25) is 9.59 Å². The van der Waals surface area contributed by atoms with Crippen molar-refractivity contribution >= 4 is 34.9 Å². The molecule has 4 atom stereocenters. The molecule has 2 aliphatic rings. The molecule has 0 bridgehead atoms. The molecule has 1 aromatic carbocycles. The number of nitrogens with zero attached hydrogens (tertiary/aromatic N) is 3. The Morgan fingerprint density at radius 3 is 2.70 bits per heavy atom. The van der Waals surface area contributed by atoms with Gasteiger partial charge in [-0.2, -0.15) is 0 Å². The van der Waals surface area contributed by atoms with E-state index in [1.54, 1.807) is 26.2 Å². The maximum absolute atomic E-state index is 12.8. The topological polar surface area (TPSA) is 94.9 Å². The molecule has 1 aromatic heterocycles. The van der Waals surface area contributed by atoms with E-state index >= 15 is 0 Å². The number of hydrogen-bond donors (Lipinski definition) is 2. The number of fused-ring (bicyclic) bond motifs is 3. The smallest absolute Gasteiger partial charge is 0.254 e. The summed E-state index contributed by atoms with van der Waals surface area (Å²) >= 11 is 6.29. The Labute approximate surface area is 224 Å². The molecule has 7 nitrogen and oxygen atoms in total. The zero-order valence-electron chi connectivity index (χ0n) is 21.9. The van der Waals surface area contributed by atoms with Crippen LogP contribution in [0.15, 0.2) is 41.7 Å². The first kappa shape index (κ1) is 27.1. The summed E-state index contributed by atoms with van der Waals surface area (Å²) in [4.78, 5) is 30.6. The molecule has 8 heteroatoms. The minimum absolute atomic E-state index is 0.103. The first-order valence-electron chi connectivity index (χ1n) is 13.2. The van der Waals surface area contributed by atoms with Crippen molar-refractivity contribution in [3.63, 3.8) is 0 Å². The Morgan fingerprint density at radius 1 is 1.19 bits per heavy atom. The van der Waals surface area contributed by atoms with Crippen molar-refractivity contribution in [1.82, 2.24) is 9.88 Å². The van der Waals surface area contributed by atoms with Gasteiger partial charge in [0.25, 0.3) is 5.91 Å². The maximum Gasteiger partial charge on any atom is 0.254 e. The number of amides is 2. The Balaban J connectivity index is 1.44. The number of hydrogen-bond acceptors (Lipinski definition) is 5. The number of nitrogens with one attached hydrogen (secondary N) is 1. The number of carbonyl (C=O) groups is 2. The summed E-state index contributed by atoms with van der Waals surface area (Å²) in [6.07, 6.45) is 8.21. The van der Waals surface area contributed by atoms with Crippen LogP contribution in [-0.4, -0.2) is 46.7 Å². The van der Waals surface area contributed by atoms with Crippen molar-refractivity contribution in [1.29, 1.82) is 0 Å². The minimum Gasteiger partial charge on any atom is -0.411 e. The molecule has 0 radical (unpaired) electrons. The second-order valence-electron chi connectivity index (χ2n) is 10.8. The highest BCUT2D eigenvalue weighted by atomic mass is 35.5. The number of aromatic nitrogens is 1. The number of rotatable bonds is 5. The molecule has 198 valence electrons. The van der Waals surface area contributed by atoms with Crippen molar-refractivity contribution in [2.24, 2.45) is 22.9 Å². The second-order valence-corrected chi connectivity index (χ2v) is 11.2. The average molecular weight is 525 g/mol. The third-order valence-electron chi connectivity index (χ3n) is 8.23. The third kappa shape index (κ3) is 6.50. The van der Waals surface area contributed by atoms with E-state index in [9.17, 15) is 14.8 Å². The lowest BCUT2D eigenvalue weighted by molar-refractivity contribution is -0.116. The Bertz CT molecular complexity index is 1150. The average Bonchev–Trinajstić information content (AvgIpc) is 2.95. The van der Waals surface area contributed by atoms with E-state index < -0.39 is 0 Å². The summed E-state index contributed by atoms with van der Waals surface area (Å²) in [6, 6.07) is 9.64. The fourth-order valence-corrected chi connectivity index (χ4v) is 6.40. The van der Waals surface area contributed by atoms with Gasteiger partial charge in [-0.05, 0) is 104 Å². The summed E-state index contributed by atoms with van der Waals surface area (Å²) in [5, 5.41) is 17.0. The van der Waals surface area contributed by atoms with Crippen LogP contribution in [0.2, 0.25) is 5.02 Å². The lowest BCUT2D eigenvalue weighted by Gasteiger charge is -2.40. The fraction of sp³-hybridized carbons (Fsp3) is 0.517. The van der Waals surface area contributed by atoms with Gasteiger partial charge in [0.1, 0.15) is 5.82 Å². The molecular formula is C29H37ClN4O3. The number of benzene rings is 1. The van der Waals surface area contributed by atoms with E-state index in [-0.39, 0.29) is 17.7 Å². The highest BCUT2D eigenvalue weighted by Gasteiger charge is 2.37. The van der Waals surface area contributed by atoms with E-state index in [4.69, 9.17) is 11.6 Å². The lowest BCUT2D eigenvalue weighted by atomic mass is 9.65. The number of anilines is 1.